The van der Waals surface area contributed by atoms with Gasteiger partial charge < -0.3 is 11.1 Å². The van der Waals surface area contributed by atoms with Crippen LogP contribution in [0.3, 0.4) is 0 Å². The van der Waals surface area contributed by atoms with Crippen molar-refractivity contribution in [2.45, 2.75) is 45.0 Å². The summed E-state index contributed by atoms with van der Waals surface area (Å²) in [6.45, 7) is 0.498. The van der Waals surface area contributed by atoms with E-state index in [2.05, 4.69) is 5.32 Å². The molecule has 5 heteroatoms. The lowest BCUT2D eigenvalue weighted by molar-refractivity contribution is -0.118. The fraction of sp³-hybridized carbons (Fsp3) is 0.562. The number of hydrogen-bond acceptors (Lipinski definition) is 2. The zero-order valence-electron chi connectivity index (χ0n) is 12.1. The third-order valence-electron chi connectivity index (χ3n) is 4.31. The molecule has 0 atom stereocenters. The Hall–Kier alpha value is -1.49. The molecule has 1 aromatic carbocycles. The smallest absolute Gasteiger partial charge is 0.263 e. The van der Waals surface area contributed by atoms with Gasteiger partial charge in [-0.1, -0.05) is 31.4 Å². The topological polar surface area (TPSA) is 55.1 Å². The van der Waals surface area contributed by atoms with Crippen molar-refractivity contribution in [3.63, 3.8) is 0 Å². The Morgan fingerprint density at radius 3 is 2.62 bits per heavy atom. The van der Waals surface area contributed by atoms with Crippen molar-refractivity contribution in [1.29, 1.82) is 0 Å². The van der Waals surface area contributed by atoms with Gasteiger partial charge in [0.05, 0.1) is 0 Å². The monoisotopic (exact) mass is 296 g/mol. The number of amides is 1. The first-order valence-electron chi connectivity index (χ1n) is 7.43. The first kappa shape index (κ1) is 15.9. The zero-order valence-corrected chi connectivity index (χ0v) is 12.1. The highest BCUT2D eigenvalue weighted by Gasteiger charge is 2.32. The van der Waals surface area contributed by atoms with Gasteiger partial charge in [0.2, 0.25) is 5.91 Å². The van der Waals surface area contributed by atoms with E-state index in [0.29, 0.717) is 18.7 Å². The van der Waals surface area contributed by atoms with Crippen LogP contribution < -0.4 is 11.1 Å². The number of benzene rings is 1. The molecule has 0 bridgehead atoms. The molecule has 0 spiro atoms. The number of carbonyl (C=O) groups excluding carboxylic acids is 1. The van der Waals surface area contributed by atoms with Gasteiger partial charge in [0.1, 0.15) is 0 Å². The standard InChI is InChI=1S/C16H22F2N2O/c17-15(18)12-5-4-6-13(9-12)20-14(21)10-16(11-19)7-2-1-3-8-16/h4-6,9,15H,1-3,7-8,10-11,19H2,(H,20,21). The zero-order chi connectivity index (χ0) is 15.3. The highest BCUT2D eigenvalue weighted by molar-refractivity contribution is 5.91. The minimum absolute atomic E-state index is 0.0843. The molecule has 3 N–H and O–H groups in total. The van der Waals surface area contributed by atoms with E-state index in [1.165, 1.54) is 24.6 Å². The van der Waals surface area contributed by atoms with Crippen LogP contribution in [0.15, 0.2) is 24.3 Å². The first-order chi connectivity index (χ1) is 10.0. The maximum atomic E-state index is 12.6. The van der Waals surface area contributed by atoms with E-state index in [1.807, 2.05) is 0 Å². The maximum absolute atomic E-state index is 12.6. The molecule has 0 saturated heterocycles. The number of halogens is 2. The van der Waals surface area contributed by atoms with E-state index in [9.17, 15) is 13.6 Å². The van der Waals surface area contributed by atoms with Crippen LogP contribution >= 0.6 is 0 Å². The molecule has 1 aliphatic carbocycles. The second kappa shape index (κ2) is 6.98. The summed E-state index contributed by atoms with van der Waals surface area (Å²) in [4.78, 5) is 12.2. The molecule has 2 rings (SSSR count). The van der Waals surface area contributed by atoms with Crippen LogP contribution in [0.4, 0.5) is 14.5 Å². The van der Waals surface area contributed by atoms with Crippen LogP contribution in [0.1, 0.15) is 50.5 Å². The van der Waals surface area contributed by atoms with Crippen LogP contribution in [-0.4, -0.2) is 12.5 Å². The van der Waals surface area contributed by atoms with Crippen LogP contribution in [-0.2, 0) is 4.79 Å². The Bertz CT molecular complexity index is 485. The van der Waals surface area contributed by atoms with Crippen LogP contribution in [0, 0.1) is 5.41 Å². The Balaban J connectivity index is 1.99. The van der Waals surface area contributed by atoms with Crippen molar-refractivity contribution < 1.29 is 13.6 Å². The van der Waals surface area contributed by atoms with Crippen molar-refractivity contribution in [2.75, 3.05) is 11.9 Å². The molecule has 1 aliphatic rings. The van der Waals surface area contributed by atoms with Gasteiger partial charge in [-0.05, 0) is 36.9 Å². The maximum Gasteiger partial charge on any atom is 0.263 e. The molecule has 1 fully saturated rings. The Morgan fingerprint density at radius 2 is 2.00 bits per heavy atom. The molecule has 116 valence electrons. The molecule has 0 heterocycles. The summed E-state index contributed by atoms with van der Waals surface area (Å²) in [6.07, 6.45) is 3.16. The molecule has 0 radical (unpaired) electrons. The summed E-state index contributed by atoms with van der Waals surface area (Å²) in [5, 5.41) is 2.72. The van der Waals surface area contributed by atoms with Gasteiger partial charge >= 0.3 is 0 Å². The van der Waals surface area contributed by atoms with Crippen molar-refractivity contribution >= 4 is 11.6 Å². The molecule has 21 heavy (non-hydrogen) atoms. The number of hydrogen-bond donors (Lipinski definition) is 2. The second-order valence-electron chi connectivity index (χ2n) is 5.92. The highest BCUT2D eigenvalue weighted by Crippen LogP contribution is 2.38. The molecule has 0 aliphatic heterocycles. The quantitative estimate of drug-likeness (QED) is 0.866. The predicted molar refractivity (Wildman–Crippen MR) is 79.2 cm³/mol. The van der Waals surface area contributed by atoms with Gasteiger partial charge in [-0.3, -0.25) is 4.79 Å². The Kier molecular flexibility index (Phi) is 5.28. The molecule has 0 aromatic heterocycles. The fourth-order valence-electron chi connectivity index (χ4n) is 3.05. The molecular weight excluding hydrogens is 274 g/mol. The molecule has 1 amide bonds. The van der Waals surface area contributed by atoms with Crippen molar-refractivity contribution in [2.24, 2.45) is 11.1 Å². The summed E-state index contributed by atoms with van der Waals surface area (Å²) < 4.78 is 25.3. The Morgan fingerprint density at radius 1 is 1.29 bits per heavy atom. The predicted octanol–water partition coefficient (Wildman–Crippen LogP) is 3.86. The summed E-state index contributed by atoms with van der Waals surface area (Å²) in [5.41, 5.74) is 6.08. The van der Waals surface area contributed by atoms with Gasteiger partial charge in [-0.25, -0.2) is 8.78 Å². The van der Waals surface area contributed by atoms with E-state index in [0.717, 1.165) is 25.7 Å². The Labute approximate surface area is 123 Å². The van der Waals surface area contributed by atoms with Gasteiger partial charge in [-0.15, -0.1) is 0 Å². The largest absolute Gasteiger partial charge is 0.330 e. The molecule has 0 unspecified atom stereocenters. The number of carbonyl (C=O) groups is 1. The number of nitrogens with one attached hydrogen (secondary N) is 1. The average molecular weight is 296 g/mol. The van der Waals surface area contributed by atoms with E-state index in [-0.39, 0.29) is 16.9 Å². The van der Waals surface area contributed by atoms with Gasteiger partial charge in [0.25, 0.3) is 6.43 Å². The molecule has 1 saturated carbocycles. The number of alkyl halides is 2. The average Bonchev–Trinajstić information content (AvgIpc) is 2.48. The van der Waals surface area contributed by atoms with E-state index >= 15 is 0 Å². The minimum atomic E-state index is -2.53. The third-order valence-corrected chi connectivity index (χ3v) is 4.31. The third kappa shape index (κ3) is 4.24. The number of anilines is 1. The number of nitrogens with two attached hydrogens (primary N) is 1. The molecular formula is C16H22F2N2O. The lowest BCUT2D eigenvalue weighted by Crippen LogP contribution is -2.36. The SMILES string of the molecule is NCC1(CC(=O)Nc2cccc(C(F)F)c2)CCCCC1. The summed E-state index contributed by atoms with van der Waals surface area (Å²) in [7, 11) is 0. The van der Waals surface area contributed by atoms with Crippen molar-refractivity contribution in [3.8, 4) is 0 Å². The second-order valence-corrected chi connectivity index (χ2v) is 5.92. The van der Waals surface area contributed by atoms with E-state index < -0.39 is 6.43 Å². The highest BCUT2D eigenvalue weighted by atomic mass is 19.3. The first-order valence-corrected chi connectivity index (χ1v) is 7.43. The van der Waals surface area contributed by atoms with Crippen LogP contribution in [0.5, 0.6) is 0 Å². The summed E-state index contributed by atoms with van der Waals surface area (Å²) in [5.74, 6) is -0.145. The lowest BCUT2D eigenvalue weighted by atomic mass is 9.71. The fourth-order valence-corrected chi connectivity index (χ4v) is 3.05. The van der Waals surface area contributed by atoms with Crippen LogP contribution in [0.2, 0.25) is 0 Å². The van der Waals surface area contributed by atoms with E-state index in [1.54, 1.807) is 6.07 Å². The van der Waals surface area contributed by atoms with Gasteiger partial charge in [-0.2, -0.15) is 0 Å². The lowest BCUT2D eigenvalue weighted by Gasteiger charge is -2.35. The molecule has 1 aromatic rings. The normalized spacial score (nSPS) is 17.7. The van der Waals surface area contributed by atoms with Crippen LogP contribution in [0.25, 0.3) is 0 Å². The van der Waals surface area contributed by atoms with Crippen molar-refractivity contribution in [1.82, 2.24) is 0 Å². The molecule has 3 nitrogen and oxygen atoms in total. The summed E-state index contributed by atoms with van der Waals surface area (Å²) >= 11 is 0. The van der Waals surface area contributed by atoms with Crippen molar-refractivity contribution in [3.05, 3.63) is 29.8 Å². The van der Waals surface area contributed by atoms with Gasteiger partial charge in [0.15, 0.2) is 0 Å². The van der Waals surface area contributed by atoms with E-state index in [4.69, 9.17) is 5.73 Å². The number of rotatable bonds is 5. The minimum Gasteiger partial charge on any atom is -0.330 e. The van der Waals surface area contributed by atoms with Gasteiger partial charge in [0, 0.05) is 17.7 Å². The summed E-state index contributed by atoms with van der Waals surface area (Å²) in [6, 6.07) is 5.82.